The van der Waals surface area contributed by atoms with E-state index < -0.39 is 6.10 Å². The number of ether oxygens (including phenoxy) is 1. The molecule has 5 heteroatoms. The molecular weight excluding hydrogens is 246 g/mol. The number of para-hydroxylation sites is 1. The van der Waals surface area contributed by atoms with Crippen LogP contribution in [0, 0.1) is 0 Å². The second-order valence-corrected chi connectivity index (χ2v) is 4.09. The van der Waals surface area contributed by atoms with E-state index in [0.29, 0.717) is 5.75 Å². The van der Waals surface area contributed by atoms with Crippen molar-refractivity contribution < 1.29 is 19.1 Å². The Balaban J connectivity index is 1.97. The zero-order valence-corrected chi connectivity index (χ0v) is 10.5. The van der Waals surface area contributed by atoms with Crippen LogP contribution in [0.1, 0.15) is 17.5 Å². The molecule has 0 saturated heterocycles. The molecule has 0 fully saturated rings. The fraction of sp³-hybridized carbons (Fsp3) is 0.214. The van der Waals surface area contributed by atoms with Gasteiger partial charge in [0.1, 0.15) is 5.75 Å². The number of carbonyl (C=O) groups excluding carboxylic acids is 1. The van der Waals surface area contributed by atoms with Crippen molar-refractivity contribution in [3.8, 4) is 11.7 Å². The first-order valence-electron chi connectivity index (χ1n) is 5.94. The molecule has 1 amide bonds. The third kappa shape index (κ3) is 3.86. The molecule has 2 rings (SSSR count). The number of aliphatic hydroxyl groups excluding tert-OH is 1. The molecule has 0 spiro atoms. The van der Waals surface area contributed by atoms with Gasteiger partial charge in [-0.3, -0.25) is 4.79 Å². The number of hydrogen-bond acceptors (Lipinski definition) is 4. The molecule has 1 heterocycles. The van der Waals surface area contributed by atoms with Gasteiger partial charge in [0.15, 0.2) is 5.76 Å². The lowest BCUT2D eigenvalue weighted by molar-refractivity contribution is 0.0892. The molecule has 100 valence electrons. The van der Waals surface area contributed by atoms with E-state index in [1.54, 1.807) is 25.1 Å². The summed E-state index contributed by atoms with van der Waals surface area (Å²) in [4.78, 5) is 11.6. The van der Waals surface area contributed by atoms with Crippen LogP contribution < -0.4 is 10.1 Å². The second kappa shape index (κ2) is 6.06. The van der Waals surface area contributed by atoms with Crippen molar-refractivity contribution in [1.82, 2.24) is 5.32 Å². The molecule has 1 unspecified atom stereocenters. The molecule has 19 heavy (non-hydrogen) atoms. The highest BCUT2D eigenvalue weighted by Crippen LogP contribution is 2.23. The van der Waals surface area contributed by atoms with Gasteiger partial charge >= 0.3 is 0 Å². The van der Waals surface area contributed by atoms with Crippen molar-refractivity contribution in [3.05, 3.63) is 48.2 Å². The van der Waals surface area contributed by atoms with Gasteiger partial charge in [0.2, 0.25) is 0 Å². The summed E-state index contributed by atoms with van der Waals surface area (Å²) >= 11 is 0. The van der Waals surface area contributed by atoms with Crippen LogP contribution in [0.2, 0.25) is 0 Å². The number of benzene rings is 1. The summed E-state index contributed by atoms with van der Waals surface area (Å²) in [6.45, 7) is 1.76. The molecule has 5 nitrogen and oxygen atoms in total. The normalized spacial score (nSPS) is 11.9. The van der Waals surface area contributed by atoms with Crippen LogP contribution in [-0.4, -0.2) is 23.7 Å². The molecule has 0 bridgehead atoms. The lowest BCUT2D eigenvalue weighted by Crippen LogP contribution is -2.30. The van der Waals surface area contributed by atoms with Crippen LogP contribution in [0.4, 0.5) is 0 Å². The number of furan rings is 1. The van der Waals surface area contributed by atoms with Gasteiger partial charge in [0, 0.05) is 12.6 Å². The van der Waals surface area contributed by atoms with Crippen molar-refractivity contribution in [3.63, 3.8) is 0 Å². The fourth-order valence-electron chi connectivity index (χ4n) is 1.43. The Hall–Kier alpha value is -2.27. The zero-order chi connectivity index (χ0) is 13.7. The van der Waals surface area contributed by atoms with E-state index in [9.17, 15) is 4.79 Å². The van der Waals surface area contributed by atoms with E-state index in [4.69, 9.17) is 14.3 Å². The molecule has 1 aromatic carbocycles. The highest BCUT2D eigenvalue weighted by Gasteiger charge is 2.12. The predicted octanol–water partition coefficient (Wildman–Crippen LogP) is 2.18. The minimum atomic E-state index is -0.598. The van der Waals surface area contributed by atoms with E-state index in [-0.39, 0.29) is 24.2 Å². The lowest BCUT2D eigenvalue weighted by atomic mass is 10.3. The summed E-state index contributed by atoms with van der Waals surface area (Å²) in [6, 6.07) is 12.2. The van der Waals surface area contributed by atoms with Crippen molar-refractivity contribution in [1.29, 1.82) is 0 Å². The molecule has 0 aliphatic heterocycles. The molecule has 1 aromatic heterocycles. The average Bonchev–Trinajstić information content (AvgIpc) is 2.85. The number of aliphatic hydroxyl groups is 1. The Labute approximate surface area is 110 Å². The lowest BCUT2D eigenvalue weighted by Gasteiger charge is -2.05. The molecule has 0 saturated carbocycles. The summed E-state index contributed by atoms with van der Waals surface area (Å²) < 4.78 is 10.7. The SMILES string of the molecule is CC(O)CNC(=O)c1ccc(Oc2ccccc2)o1. The smallest absolute Gasteiger partial charge is 0.290 e. The van der Waals surface area contributed by atoms with E-state index in [2.05, 4.69) is 5.32 Å². The molecule has 0 aliphatic rings. The van der Waals surface area contributed by atoms with Gasteiger partial charge in [-0.25, -0.2) is 0 Å². The van der Waals surface area contributed by atoms with Gasteiger partial charge in [0.25, 0.3) is 11.9 Å². The highest BCUT2D eigenvalue weighted by atomic mass is 16.6. The third-order valence-corrected chi connectivity index (χ3v) is 2.32. The Bertz CT molecular complexity index is 533. The zero-order valence-electron chi connectivity index (χ0n) is 10.5. The van der Waals surface area contributed by atoms with Crippen molar-refractivity contribution in [2.24, 2.45) is 0 Å². The van der Waals surface area contributed by atoms with Crippen LogP contribution in [0.25, 0.3) is 0 Å². The number of nitrogens with one attached hydrogen (secondary N) is 1. The van der Waals surface area contributed by atoms with Gasteiger partial charge < -0.3 is 19.6 Å². The topological polar surface area (TPSA) is 71.7 Å². The van der Waals surface area contributed by atoms with Crippen LogP contribution in [-0.2, 0) is 0 Å². The third-order valence-electron chi connectivity index (χ3n) is 2.32. The quantitative estimate of drug-likeness (QED) is 0.865. The first kappa shape index (κ1) is 13.2. The van der Waals surface area contributed by atoms with Gasteiger partial charge in [-0.2, -0.15) is 0 Å². The largest absolute Gasteiger partial charge is 0.426 e. The molecular formula is C14H15NO4. The molecule has 1 atom stereocenters. The number of hydrogen-bond donors (Lipinski definition) is 2. The van der Waals surface area contributed by atoms with Gasteiger partial charge in [-0.1, -0.05) is 18.2 Å². The van der Waals surface area contributed by atoms with E-state index in [0.717, 1.165) is 0 Å². The standard InChI is InChI=1S/C14H15NO4/c1-10(16)9-15-14(17)12-7-8-13(19-12)18-11-5-3-2-4-6-11/h2-8,10,16H,9H2,1H3,(H,15,17). The summed E-state index contributed by atoms with van der Waals surface area (Å²) in [7, 11) is 0. The summed E-state index contributed by atoms with van der Waals surface area (Å²) in [5.74, 6) is 0.636. The molecule has 2 N–H and O–H groups in total. The number of carbonyl (C=O) groups is 1. The molecule has 0 radical (unpaired) electrons. The van der Waals surface area contributed by atoms with Crippen LogP contribution in [0.5, 0.6) is 11.7 Å². The molecule has 2 aromatic rings. The van der Waals surface area contributed by atoms with Crippen molar-refractivity contribution in [2.45, 2.75) is 13.0 Å². The van der Waals surface area contributed by atoms with E-state index >= 15 is 0 Å². The van der Waals surface area contributed by atoms with Gasteiger partial charge in [-0.05, 0) is 25.1 Å². The van der Waals surface area contributed by atoms with Crippen molar-refractivity contribution >= 4 is 5.91 Å². The minimum Gasteiger partial charge on any atom is -0.426 e. The minimum absolute atomic E-state index is 0.145. The fourth-order valence-corrected chi connectivity index (χ4v) is 1.43. The Kier molecular flexibility index (Phi) is 4.20. The van der Waals surface area contributed by atoms with E-state index in [1.165, 1.54) is 6.07 Å². The first-order valence-corrected chi connectivity index (χ1v) is 5.94. The van der Waals surface area contributed by atoms with Crippen LogP contribution >= 0.6 is 0 Å². The predicted molar refractivity (Wildman–Crippen MR) is 69.2 cm³/mol. The number of amides is 1. The van der Waals surface area contributed by atoms with Gasteiger partial charge in [-0.15, -0.1) is 0 Å². The Morgan fingerprint density at radius 3 is 2.74 bits per heavy atom. The first-order chi connectivity index (χ1) is 9.15. The van der Waals surface area contributed by atoms with Gasteiger partial charge in [0.05, 0.1) is 6.10 Å². The monoisotopic (exact) mass is 261 g/mol. The van der Waals surface area contributed by atoms with E-state index in [1.807, 2.05) is 18.2 Å². The summed E-state index contributed by atoms with van der Waals surface area (Å²) in [5.41, 5.74) is 0. The maximum atomic E-state index is 11.6. The summed E-state index contributed by atoms with van der Waals surface area (Å²) in [5, 5.41) is 11.6. The van der Waals surface area contributed by atoms with Crippen molar-refractivity contribution in [2.75, 3.05) is 6.54 Å². The summed E-state index contributed by atoms with van der Waals surface area (Å²) in [6.07, 6.45) is -0.598. The maximum Gasteiger partial charge on any atom is 0.290 e. The van der Waals surface area contributed by atoms with Crippen LogP contribution in [0.3, 0.4) is 0 Å². The Morgan fingerprint density at radius 1 is 1.32 bits per heavy atom. The molecule has 0 aliphatic carbocycles. The second-order valence-electron chi connectivity index (χ2n) is 4.09. The Morgan fingerprint density at radius 2 is 2.05 bits per heavy atom. The highest BCUT2D eigenvalue weighted by molar-refractivity contribution is 5.91. The average molecular weight is 261 g/mol. The maximum absolute atomic E-state index is 11.6. The van der Waals surface area contributed by atoms with Crippen LogP contribution in [0.15, 0.2) is 46.9 Å². The number of rotatable bonds is 5.